The van der Waals surface area contributed by atoms with Crippen molar-refractivity contribution in [2.45, 2.75) is 26.1 Å². The largest absolute Gasteiger partial charge is 0.473 e. The highest BCUT2D eigenvalue weighted by atomic mass is 79.9. The van der Waals surface area contributed by atoms with Crippen molar-refractivity contribution in [1.82, 2.24) is 5.32 Å². The van der Waals surface area contributed by atoms with Crippen LogP contribution in [-0.4, -0.2) is 29.1 Å². The van der Waals surface area contributed by atoms with E-state index in [-0.39, 0.29) is 17.0 Å². The lowest BCUT2D eigenvalue weighted by Crippen LogP contribution is -2.34. The lowest BCUT2D eigenvalue weighted by Gasteiger charge is -2.18. The van der Waals surface area contributed by atoms with E-state index in [0.717, 1.165) is 0 Å². The van der Waals surface area contributed by atoms with Crippen molar-refractivity contribution >= 4 is 27.5 Å². The first-order chi connectivity index (χ1) is 9.27. The van der Waals surface area contributed by atoms with Crippen molar-refractivity contribution in [3.63, 3.8) is 0 Å². The molecule has 8 heteroatoms. The molecule has 2 atom stereocenters. The molecule has 110 valence electrons. The summed E-state index contributed by atoms with van der Waals surface area (Å²) in [6.45, 7) is 2.93. The third kappa shape index (κ3) is 3.67. The molecule has 1 aromatic carbocycles. The van der Waals surface area contributed by atoms with Gasteiger partial charge in [0, 0.05) is 23.2 Å². The maximum atomic E-state index is 11.5. The molecule has 1 amide bonds. The van der Waals surface area contributed by atoms with Gasteiger partial charge in [-0.25, -0.2) is 0 Å². The van der Waals surface area contributed by atoms with Crippen LogP contribution in [0.15, 0.2) is 16.6 Å². The van der Waals surface area contributed by atoms with Crippen LogP contribution < -0.4 is 10.1 Å². The van der Waals surface area contributed by atoms with Crippen molar-refractivity contribution in [3.8, 4) is 5.75 Å². The van der Waals surface area contributed by atoms with Gasteiger partial charge in [0.15, 0.2) is 6.10 Å². The Bertz CT molecular complexity index is 533. The van der Waals surface area contributed by atoms with Crippen LogP contribution in [0.4, 0.5) is 5.69 Å². The van der Waals surface area contributed by atoms with Crippen molar-refractivity contribution in [2.75, 3.05) is 7.05 Å². The Labute approximate surface area is 124 Å². The minimum absolute atomic E-state index is 0.107. The molecular weight excluding hydrogens is 332 g/mol. The number of aliphatic hydroxyl groups excluding tert-OH is 1. The maximum absolute atomic E-state index is 11.5. The van der Waals surface area contributed by atoms with E-state index in [1.165, 1.54) is 33.0 Å². The van der Waals surface area contributed by atoms with Crippen molar-refractivity contribution in [3.05, 3.63) is 32.3 Å². The molecule has 0 fully saturated rings. The molecular formula is C12H15BrN2O5. The summed E-state index contributed by atoms with van der Waals surface area (Å²) >= 11 is 3.14. The van der Waals surface area contributed by atoms with Gasteiger partial charge in [-0.3, -0.25) is 14.9 Å². The number of ether oxygens (including phenoxy) is 1. The molecule has 0 bridgehead atoms. The average Bonchev–Trinajstić information content (AvgIpc) is 2.38. The highest BCUT2D eigenvalue weighted by Crippen LogP contribution is 2.38. The molecule has 0 aliphatic carbocycles. The molecule has 0 aromatic heterocycles. The second kappa shape index (κ2) is 6.67. The number of nitrogens with zero attached hydrogens (tertiary/aromatic N) is 1. The maximum Gasteiger partial charge on any atom is 0.312 e. The van der Waals surface area contributed by atoms with Crippen LogP contribution >= 0.6 is 15.9 Å². The molecule has 0 saturated carbocycles. The molecule has 7 nitrogen and oxygen atoms in total. The van der Waals surface area contributed by atoms with Gasteiger partial charge < -0.3 is 15.2 Å². The van der Waals surface area contributed by atoms with Gasteiger partial charge in [-0.15, -0.1) is 0 Å². The van der Waals surface area contributed by atoms with Gasteiger partial charge in [0.2, 0.25) is 5.75 Å². The summed E-state index contributed by atoms with van der Waals surface area (Å²) in [5, 5.41) is 23.2. The Balaban J connectivity index is 3.33. The van der Waals surface area contributed by atoms with E-state index in [2.05, 4.69) is 21.2 Å². The number of carbonyl (C=O) groups excluding carboxylic acids is 1. The van der Waals surface area contributed by atoms with E-state index >= 15 is 0 Å². The number of nitrogens with one attached hydrogen (secondary N) is 1. The van der Waals surface area contributed by atoms with Gasteiger partial charge in [0.05, 0.1) is 11.0 Å². The fourth-order valence-electron chi connectivity index (χ4n) is 1.61. The highest BCUT2D eigenvalue weighted by molar-refractivity contribution is 9.10. The molecule has 0 radical (unpaired) electrons. The van der Waals surface area contributed by atoms with E-state index < -0.39 is 23.0 Å². The number of aliphatic hydroxyl groups is 1. The second-order valence-electron chi connectivity index (χ2n) is 4.15. The van der Waals surface area contributed by atoms with E-state index in [9.17, 15) is 20.0 Å². The number of nitro benzene ring substituents is 1. The first-order valence-electron chi connectivity index (χ1n) is 5.82. The SMILES string of the molecule is CNC(=O)C(C)Oc1c([C@H](C)O)cc(Br)cc1[N+](=O)[O-]. The van der Waals surface area contributed by atoms with Crippen LogP contribution in [-0.2, 0) is 4.79 Å². The molecule has 0 spiro atoms. The third-order valence-corrected chi connectivity index (χ3v) is 3.08. The molecule has 20 heavy (non-hydrogen) atoms. The monoisotopic (exact) mass is 346 g/mol. The lowest BCUT2D eigenvalue weighted by atomic mass is 10.1. The van der Waals surface area contributed by atoms with E-state index in [0.29, 0.717) is 4.47 Å². The predicted molar refractivity (Wildman–Crippen MR) is 75.6 cm³/mol. The van der Waals surface area contributed by atoms with Crippen LogP contribution in [0.25, 0.3) is 0 Å². The average molecular weight is 347 g/mol. The number of nitro groups is 1. The predicted octanol–water partition coefficient (Wildman–Crippen LogP) is 1.92. The van der Waals surface area contributed by atoms with Gasteiger partial charge in [-0.1, -0.05) is 15.9 Å². The quantitative estimate of drug-likeness (QED) is 0.626. The number of amides is 1. The summed E-state index contributed by atoms with van der Waals surface area (Å²) in [4.78, 5) is 21.9. The van der Waals surface area contributed by atoms with Crippen LogP contribution in [0.1, 0.15) is 25.5 Å². The Kier molecular flexibility index (Phi) is 5.46. The Hall–Kier alpha value is -1.67. The smallest absolute Gasteiger partial charge is 0.312 e. The Morgan fingerprint density at radius 2 is 2.10 bits per heavy atom. The molecule has 0 aliphatic rings. The third-order valence-electron chi connectivity index (χ3n) is 2.62. The number of likely N-dealkylation sites (N-methyl/N-ethyl adjacent to an activating group) is 1. The summed E-state index contributed by atoms with van der Waals surface area (Å²) in [7, 11) is 1.44. The van der Waals surface area contributed by atoms with Gasteiger partial charge >= 0.3 is 5.69 Å². The Morgan fingerprint density at radius 1 is 1.50 bits per heavy atom. The minimum Gasteiger partial charge on any atom is -0.473 e. The number of hydrogen-bond acceptors (Lipinski definition) is 5. The van der Waals surface area contributed by atoms with E-state index in [1.54, 1.807) is 0 Å². The second-order valence-corrected chi connectivity index (χ2v) is 5.07. The molecule has 0 saturated heterocycles. The number of carbonyl (C=O) groups is 1. The van der Waals surface area contributed by atoms with E-state index in [1.807, 2.05) is 0 Å². The summed E-state index contributed by atoms with van der Waals surface area (Å²) in [6.07, 6.45) is -1.89. The van der Waals surface area contributed by atoms with Gasteiger partial charge in [0.25, 0.3) is 5.91 Å². The van der Waals surface area contributed by atoms with Crippen molar-refractivity contribution in [2.24, 2.45) is 0 Å². The molecule has 1 rings (SSSR count). The van der Waals surface area contributed by atoms with Gasteiger partial charge in [0.1, 0.15) is 0 Å². The zero-order chi connectivity index (χ0) is 15.4. The molecule has 1 aromatic rings. The first kappa shape index (κ1) is 16.4. The van der Waals surface area contributed by atoms with Gasteiger partial charge in [-0.2, -0.15) is 0 Å². The number of benzene rings is 1. The Morgan fingerprint density at radius 3 is 2.55 bits per heavy atom. The molecule has 0 heterocycles. The van der Waals surface area contributed by atoms with E-state index in [4.69, 9.17) is 4.74 Å². The fourth-order valence-corrected chi connectivity index (χ4v) is 2.07. The normalized spacial score (nSPS) is 13.4. The molecule has 1 unspecified atom stereocenters. The lowest BCUT2D eigenvalue weighted by molar-refractivity contribution is -0.386. The van der Waals surface area contributed by atoms with Crippen LogP contribution in [0.2, 0.25) is 0 Å². The number of hydrogen-bond donors (Lipinski definition) is 2. The molecule has 2 N–H and O–H groups in total. The zero-order valence-electron chi connectivity index (χ0n) is 11.2. The number of rotatable bonds is 5. The van der Waals surface area contributed by atoms with Crippen LogP contribution in [0.5, 0.6) is 5.75 Å². The summed E-state index contributed by atoms with van der Waals surface area (Å²) in [5.74, 6) is -0.525. The minimum atomic E-state index is -0.974. The van der Waals surface area contributed by atoms with Crippen LogP contribution in [0, 0.1) is 10.1 Å². The number of halogens is 1. The topological polar surface area (TPSA) is 102 Å². The summed E-state index contributed by atoms with van der Waals surface area (Å²) in [6, 6.07) is 2.78. The first-order valence-corrected chi connectivity index (χ1v) is 6.61. The van der Waals surface area contributed by atoms with Crippen LogP contribution in [0.3, 0.4) is 0 Å². The standard InChI is InChI=1S/C12H15BrN2O5/c1-6(16)9-4-8(13)5-10(15(18)19)11(9)20-7(2)12(17)14-3/h4-7,16H,1-3H3,(H,14,17)/t6-,7?/m0/s1. The highest BCUT2D eigenvalue weighted by Gasteiger charge is 2.26. The van der Waals surface area contributed by atoms with Crippen molar-refractivity contribution < 1.29 is 19.6 Å². The summed E-state index contributed by atoms with van der Waals surface area (Å²) in [5.41, 5.74) is -0.0761. The zero-order valence-corrected chi connectivity index (χ0v) is 12.8. The molecule has 0 aliphatic heterocycles. The fraction of sp³-hybridized carbons (Fsp3) is 0.417. The van der Waals surface area contributed by atoms with Crippen molar-refractivity contribution in [1.29, 1.82) is 0 Å². The summed E-state index contributed by atoms with van der Waals surface area (Å²) < 4.78 is 5.82. The van der Waals surface area contributed by atoms with Gasteiger partial charge in [-0.05, 0) is 19.9 Å².